The highest BCUT2D eigenvalue weighted by molar-refractivity contribution is 7.99. The van der Waals surface area contributed by atoms with Crippen LogP contribution in [-0.4, -0.2) is 27.9 Å². The molecule has 1 unspecified atom stereocenters. The van der Waals surface area contributed by atoms with Crippen LogP contribution in [-0.2, 0) is 0 Å². The summed E-state index contributed by atoms with van der Waals surface area (Å²) < 4.78 is 2.31. The van der Waals surface area contributed by atoms with Crippen LogP contribution in [0.25, 0.3) is 0 Å². The Hall–Kier alpha value is 0.660. The number of thioether (sulfide) groups is 1. The second-order valence-corrected chi connectivity index (χ2v) is 5.67. The van der Waals surface area contributed by atoms with Crippen LogP contribution >= 0.6 is 24.6 Å². The van der Waals surface area contributed by atoms with Crippen molar-refractivity contribution in [2.45, 2.75) is 42.9 Å². The monoisotopic (exact) mass is 203 g/mol. The van der Waals surface area contributed by atoms with E-state index in [1.807, 2.05) is 11.8 Å². The van der Waals surface area contributed by atoms with Crippen molar-refractivity contribution in [3.63, 3.8) is 0 Å². The maximum absolute atomic E-state index is 4.58. The van der Waals surface area contributed by atoms with Crippen LogP contribution in [0.5, 0.6) is 0 Å². The standard InChI is InChI=1S/C9H17NS2/c1-12-8-3-6-10(11)9(7-8)4-2-5-9/h8,11H,2-7H2,1H3. The summed E-state index contributed by atoms with van der Waals surface area (Å²) in [5, 5.41) is 0.897. The highest BCUT2D eigenvalue weighted by Gasteiger charge is 2.45. The van der Waals surface area contributed by atoms with Gasteiger partial charge in [0.05, 0.1) is 0 Å². The Bertz CT molecular complexity index is 168. The highest BCUT2D eigenvalue weighted by Crippen LogP contribution is 2.47. The number of thiol groups is 1. The first kappa shape index (κ1) is 9.22. The van der Waals surface area contributed by atoms with Gasteiger partial charge >= 0.3 is 0 Å². The van der Waals surface area contributed by atoms with Crippen molar-refractivity contribution >= 4 is 24.6 Å². The predicted molar refractivity (Wildman–Crippen MR) is 58.8 cm³/mol. The fourth-order valence-corrected chi connectivity index (χ4v) is 3.60. The SMILES string of the molecule is CSC1CCN(S)C2(CCC2)C1. The van der Waals surface area contributed by atoms with Gasteiger partial charge in [-0.05, 0) is 38.4 Å². The Morgan fingerprint density at radius 2 is 2.25 bits per heavy atom. The molecule has 1 spiro atoms. The lowest BCUT2D eigenvalue weighted by atomic mass is 9.71. The minimum Gasteiger partial charge on any atom is -0.247 e. The van der Waals surface area contributed by atoms with E-state index in [0.717, 1.165) is 5.25 Å². The summed E-state index contributed by atoms with van der Waals surface area (Å²) >= 11 is 6.62. The van der Waals surface area contributed by atoms with E-state index in [1.54, 1.807) is 0 Å². The third-order valence-electron chi connectivity index (χ3n) is 3.44. The number of hydrogen-bond acceptors (Lipinski definition) is 3. The average molecular weight is 203 g/mol. The molecule has 0 aromatic rings. The predicted octanol–water partition coefficient (Wildman–Crippen LogP) is 2.58. The van der Waals surface area contributed by atoms with Crippen LogP contribution in [0.4, 0.5) is 0 Å². The van der Waals surface area contributed by atoms with Crippen LogP contribution in [0, 0.1) is 0 Å². The quantitative estimate of drug-likeness (QED) is 0.653. The number of nitrogens with zero attached hydrogens (tertiary/aromatic N) is 1. The average Bonchev–Trinajstić information content (AvgIpc) is 2.03. The molecular formula is C9H17NS2. The molecule has 0 bridgehead atoms. The zero-order valence-electron chi connectivity index (χ0n) is 7.62. The van der Waals surface area contributed by atoms with Crippen molar-refractivity contribution < 1.29 is 0 Å². The Labute approximate surface area is 84.8 Å². The van der Waals surface area contributed by atoms with Gasteiger partial charge in [-0.3, -0.25) is 0 Å². The zero-order chi connectivity index (χ0) is 8.60. The van der Waals surface area contributed by atoms with Gasteiger partial charge in [0.15, 0.2) is 0 Å². The Kier molecular flexibility index (Phi) is 2.64. The maximum Gasteiger partial charge on any atom is 0.0321 e. The number of hydrogen-bond donors (Lipinski definition) is 1. The van der Waals surface area contributed by atoms with Crippen molar-refractivity contribution in [1.82, 2.24) is 4.31 Å². The zero-order valence-corrected chi connectivity index (χ0v) is 9.33. The van der Waals surface area contributed by atoms with Crippen molar-refractivity contribution in [2.75, 3.05) is 12.8 Å². The fourth-order valence-electron chi connectivity index (χ4n) is 2.38. The van der Waals surface area contributed by atoms with Crippen LogP contribution in [0.15, 0.2) is 0 Å². The van der Waals surface area contributed by atoms with Crippen LogP contribution in [0.1, 0.15) is 32.1 Å². The largest absolute Gasteiger partial charge is 0.247 e. The first-order valence-corrected chi connectivity index (χ1v) is 6.45. The molecule has 2 fully saturated rings. The molecule has 70 valence electrons. The third-order valence-corrected chi connectivity index (χ3v) is 5.13. The summed E-state index contributed by atoms with van der Waals surface area (Å²) in [5.74, 6) is 0. The van der Waals surface area contributed by atoms with Gasteiger partial charge in [0.2, 0.25) is 0 Å². The van der Waals surface area contributed by atoms with Gasteiger partial charge < -0.3 is 0 Å². The first-order valence-electron chi connectivity index (χ1n) is 4.76. The summed E-state index contributed by atoms with van der Waals surface area (Å²) in [4.78, 5) is 0. The summed E-state index contributed by atoms with van der Waals surface area (Å²) in [6.07, 6.45) is 9.12. The lowest BCUT2D eigenvalue weighted by molar-refractivity contribution is 0.0643. The molecule has 1 saturated carbocycles. The molecule has 2 aliphatic rings. The van der Waals surface area contributed by atoms with E-state index in [-0.39, 0.29) is 0 Å². The van der Waals surface area contributed by atoms with E-state index >= 15 is 0 Å². The maximum atomic E-state index is 4.58. The lowest BCUT2D eigenvalue weighted by Crippen LogP contribution is -2.54. The molecule has 0 N–H and O–H groups in total. The summed E-state index contributed by atoms with van der Waals surface area (Å²) in [6.45, 7) is 1.19. The minimum atomic E-state index is 0.509. The van der Waals surface area contributed by atoms with Crippen molar-refractivity contribution in [3.05, 3.63) is 0 Å². The van der Waals surface area contributed by atoms with E-state index in [2.05, 4.69) is 23.4 Å². The van der Waals surface area contributed by atoms with Gasteiger partial charge in [-0.25, -0.2) is 4.31 Å². The molecule has 0 radical (unpaired) electrons. The molecule has 3 heteroatoms. The summed E-state index contributed by atoms with van der Waals surface area (Å²) in [5.41, 5.74) is 0.509. The second-order valence-electron chi connectivity index (χ2n) is 4.05. The molecule has 2 rings (SSSR count). The van der Waals surface area contributed by atoms with Crippen molar-refractivity contribution in [1.29, 1.82) is 0 Å². The second kappa shape index (κ2) is 3.43. The van der Waals surface area contributed by atoms with Gasteiger partial charge in [-0.1, -0.05) is 12.8 Å². The fraction of sp³-hybridized carbons (Fsp3) is 1.00. The van der Waals surface area contributed by atoms with Crippen LogP contribution in [0.3, 0.4) is 0 Å². The molecule has 1 aliphatic carbocycles. The molecule has 1 aliphatic heterocycles. The Balaban J connectivity index is 2.00. The van der Waals surface area contributed by atoms with E-state index in [9.17, 15) is 0 Å². The molecule has 0 amide bonds. The molecular weight excluding hydrogens is 186 g/mol. The molecule has 1 heterocycles. The van der Waals surface area contributed by atoms with Gasteiger partial charge in [0.1, 0.15) is 0 Å². The molecule has 0 aromatic heterocycles. The van der Waals surface area contributed by atoms with Gasteiger partial charge in [0.25, 0.3) is 0 Å². The van der Waals surface area contributed by atoms with Crippen LogP contribution in [0.2, 0.25) is 0 Å². The lowest BCUT2D eigenvalue weighted by Gasteiger charge is -2.52. The van der Waals surface area contributed by atoms with Crippen molar-refractivity contribution in [2.24, 2.45) is 0 Å². The van der Waals surface area contributed by atoms with Crippen LogP contribution < -0.4 is 0 Å². The molecule has 1 atom stereocenters. The van der Waals surface area contributed by atoms with E-state index in [1.165, 1.54) is 38.6 Å². The number of piperidine rings is 1. The van der Waals surface area contributed by atoms with Gasteiger partial charge in [0, 0.05) is 17.3 Å². The highest BCUT2D eigenvalue weighted by atomic mass is 32.2. The molecule has 1 saturated heterocycles. The smallest absolute Gasteiger partial charge is 0.0321 e. The first-order chi connectivity index (χ1) is 5.77. The topological polar surface area (TPSA) is 3.24 Å². The molecule has 0 aromatic carbocycles. The van der Waals surface area contributed by atoms with Crippen molar-refractivity contribution in [3.8, 4) is 0 Å². The Morgan fingerprint density at radius 3 is 2.75 bits per heavy atom. The van der Waals surface area contributed by atoms with Gasteiger partial charge in [-0.2, -0.15) is 11.8 Å². The summed E-state index contributed by atoms with van der Waals surface area (Å²) in [6, 6.07) is 0. The van der Waals surface area contributed by atoms with E-state index in [4.69, 9.17) is 0 Å². The van der Waals surface area contributed by atoms with Gasteiger partial charge in [-0.15, -0.1) is 0 Å². The van der Waals surface area contributed by atoms with E-state index in [0.29, 0.717) is 5.54 Å². The molecule has 12 heavy (non-hydrogen) atoms. The third kappa shape index (κ3) is 1.40. The van der Waals surface area contributed by atoms with E-state index < -0.39 is 0 Å². The summed E-state index contributed by atoms with van der Waals surface area (Å²) in [7, 11) is 0. The molecule has 1 nitrogen and oxygen atoms in total. The normalized spacial score (nSPS) is 35.0. The Morgan fingerprint density at radius 1 is 1.50 bits per heavy atom. The number of rotatable bonds is 1. The minimum absolute atomic E-state index is 0.509.